The molecule has 2 heterocycles. The van der Waals surface area contributed by atoms with Crippen LogP contribution in [0.2, 0.25) is 0 Å². The average molecular weight is 1100 g/mol. The van der Waals surface area contributed by atoms with Crippen molar-refractivity contribution in [2.75, 3.05) is 9.80 Å². The molecular weight excluding hydrogens is 1030 g/mol. The van der Waals surface area contributed by atoms with Crippen molar-refractivity contribution >= 4 is 113 Å². The molecule has 2 nitrogen and oxygen atoms in total. The summed E-state index contributed by atoms with van der Waals surface area (Å²) in [7, 11) is 0. The van der Waals surface area contributed by atoms with Crippen LogP contribution in [0.4, 0.5) is 34.1 Å². The highest BCUT2D eigenvalue weighted by Gasteiger charge is 2.44. The first-order chi connectivity index (χ1) is 42.2. The molecule has 0 atom stereocenters. The molecule has 2 aliphatic heterocycles. The van der Waals surface area contributed by atoms with Crippen LogP contribution in [0.15, 0.2) is 267 Å². The molecule has 14 aromatic rings. The Bertz CT molecular complexity index is 4650. The van der Waals surface area contributed by atoms with Crippen molar-refractivity contribution in [3.05, 3.63) is 300 Å². The van der Waals surface area contributed by atoms with Gasteiger partial charge in [-0.05, 0) is 155 Å². The second-order valence-electron chi connectivity index (χ2n) is 24.1. The number of aryl methyl sites for hydroxylation is 6. The van der Waals surface area contributed by atoms with Gasteiger partial charge in [0.2, 0.25) is 13.4 Å². The Morgan fingerprint density at radius 1 is 0.267 bits per heavy atom. The minimum Gasteiger partial charge on any atom is -0.311 e. The summed E-state index contributed by atoms with van der Waals surface area (Å²) >= 11 is 0. The van der Waals surface area contributed by atoms with Crippen LogP contribution in [0.5, 0.6) is 0 Å². The molecule has 0 aromatic heterocycles. The first-order valence-electron chi connectivity index (χ1n) is 30.4. The van der Waals surface area contributed by atoms with Gasteiger partial charge in [0.1, 0.15) is 0 Å². The van der Waals surface area contributed by atoms with Gasteiger partial charge in [-0.15, -0.1) is 0 Å². The lowest BCUT2D eigenvalue weighted by atomic mass is 9.32. The molecule has 0 bridgehead atoms. The summed E-state index contributed by atoms with van der Waals surface area (Å²) < 4.78 is 0. The van der Waals surface area contributed by atoms with Gasteiger partial charge >= 0.3 is 0 Å². The summed E-state index contributed by atoms with van der Waals surface area (Å²) in [5.41, 5.74) is 32.6. The van der Waals surface area contributed by atoms with E-state index in [0.717, 1.165) is 11.4 Å². The lowest BCUT2D eigenvalue weighted by molar-refractivity contribution is 1.30. The van der Waals surface area contributed by atoms with E-state index in [9.17, 15) is 0 Å². The molecule has 0 saturated carbocycles. The lowest BCUT2D eigenvalue weighted by Gasteiger charge is -2.42. The number of benzene rings is 14. The van der Waals surface area contributed by atoms with Crippen molar-refractivity contribution in [1.82, 2.24) is 0 Å². The predicted molar refractivity (Wildman–Crippen MR) is 372 cm³/mol. The molecular formula is C82H62B2N2. The Balaban J connectivity index is 1.18. The summed E-state index contributed by atoms with van der Waals surface area (Å²) in [6, 6.07) is 101. The van der Waals surface area contributed by atoms with E-state index < -0.39 is 0 Å². The molecule has 0 aliphatic carbocycles. The second kappa shape index (κ2) is 20.3. The van der Waals surface area contributed by atoms with E-state index in [1.165, 1.54) is 166 Å². The molecule has 86 heavy (non-hydrogen) atoms. The van der Waals surface area contributed by atoms with Gasteiger partial charge in [0.25, 0.3) is 0 Å². The Labute approximate surface area is 505 Å². The van der Waals surface area contributed by atoms with Gasteiger partial charge in [0.15, 0.2) is 0 Å². The maximum absolute atomic E-state index is 2.62. The molecule has 0 unspecified atom stereocenters. The minimum atomic E-state index is -0.115. The number of para-hydroxylation sites is 4. The molecule has 0 amide bonds. The van der Waals surface area contributed by atoms with Crippen molar-refractivity contribution in [3.63, 3.8) is 0 Å². The molecule has 0 radical (unpaired) electrons. The van der Waals surface area contributed by atoms with Gasteiger partial charge in [0.05, 0.1) is 0 Å². The van der Waals surface area contributed by atoms with Crippen molar-refractivity contribution in [3.8, 4) is 44.5 Å². The molecule has 0 fully saturated rings. The Morgan fingerprint density at radius 3 is 0.942 bits per heavy atom. The van der Waals surface area contributed by atoms with Crippen LogP contribution >= 0.6 is 0 Å². The molecule has 14 aromatic carbocycles. The molecule has 0 saturated heterocycles. The van der Waals surface area contributed by atoms with E-state index in [0.29, 0.717) is 0 Å². The van der Waals surface area contributed by atoms with E-state index in [-0.39, 0.29) is 13.4 Å². The highest BCUT2D eigenvalue weighted by atomic mass is 15.2. The topological polar surface area (TPSA) is 6.48 Å². The Hall–Kier alpha value is -10.2. The SMILES string of the molecule is Cc1cc(C)c(B2c3ccccc3N(c3ccccc3)c3c2c(-c2ccccc2-c2ccccc2)c2ccc4c5c(c(-c6ccccc6-c6ccccc6)c6ccc3c2c64)B(c2c(C)cc(C)cc2C)c2ccccc2N5c2ccccc2)c(C)c1. The normalized spacial score (nSPS) is 12.7. The highest BCUT2D eigenvalue weighted by Crippen LogP contribution is 2.54. The monoisotopic (exact) mass is 1100 g/mol. The van der Waals surface area contributed by atoms with Crippen molar-refractivity contribution in [2.45, 2.75) is 41.5 Å². The van der Waals surface area contributed by atoms with Gasteiger partial charge in [-0.25, -0.2) is 0 Å². The first kappa shape index (κ1) is 51.5. The molecule has 4 heteroatoms. The maximum Gasteiger partial charge on any atom is 0.248 e. The van der Waals surface area contributed by atoms with E-state index in [4.69, 9.17) is 0 Å². The molecule has 16 rings (SSSR count). The average Bonchev–Trinajstić information content (AvgIpc) is 0.714. The third-order valence-corrected chi connectivity index (χ3v) is 18.9. The van der Waals surface area contributed by atoms with Crippen LogP contribution in [0.25, 0.3) is 76.8 Å². The zero-order chi connectivity index (χ0) is 57.9. The largest absolute Gasteiger partial charge is 0.311 e. The number of rotatable bonds is 8. The lowest BCUT2D eigenvalue weighted by Crippen LogP contribution is -2.59. The number of hydrogen-bond acceptors (Lipinski definition) is 2. The maximum atomic E-state index is 2.62. The van der Waals surface area contributed by atoms with Crippen LogP contribution in [0.1, 0.15) is 33.4 Å². The first-order valence-corrected chi connectivity index (χ1v) is 30.4. The predicted octanol–water partition coefficient (Wildman–Crippen LogP) is 17.7. The summed E-state index contributed by atoms with van der Waals surface area (Å²) in [5.74, 6) is 0. The van der Waals surface area contributed by atoms with Crippen LogP contribution in [-0.2, 0) is 0 Å². The van der Waals surface area contributed by atoms with Crippen molar-refractivity contribution in [2.24, 2.45) is 0 Å². The number of hydrogen-bond donors (Lipinski definition) is 0. The van der Waals surface area contributed by atoms with Gasteiger partial charge < -0.3 is 9.80 Å². The van der Waals surface area contributed by atoms with Gasteiger partial charge in [-0.1, -0.05) is 275 Å². The van der Waals surface area contributed by atoms with Crippen molar-refractivity contribution < 1.29 is 0 Å². The van der Waals surface area contributed by atoms with Gasteiger partial charge in [-0.3, -0.25) is 0 Å². The number of fused-ring (bicyclic) bond motifs is 6. The number of nitrogens with zero attached hydrogens (tertiary/aromatic N) is 2. The Morgan fingerprint density at radius 2 is 0.570 bits per heavy atom. The fourth-order valence-corrected chi connectivity index (χ4v) is 15.9. The van der Waals surface area contributed by atoms with Crippen LogP contribution < -0.4 is 42.6 Å². The minimum absolute atomic E-state index is 0.115. The third kappa shape index (κ3) is 7.82. The zero-order valence-electron chi connectivity index (χ0n) is 49.5. The highest BCUT2D eigenvalue weighted by molar-refractivity contribution is 7.00. The van der Waals surface area contributed by atoms with E-state index in [1.807, 2.05) is 0 Å². The number of anilines is 6. The summed E-state index contributed by atoms with van der Waals surface area (Å²) in [5, 5.41) is 7.47. The quantitative estimate of drug-likeness (QED) is 0.111. The van der Waals surface area contributed by atoms with Crippen LogP contribution in [0, 0.1) is 41.5 Å². The molecule has 2 aliphatic rings. The molecule has 0 N–H and O–H groups in total. The fraction of sp³-hybridized carbons (Fsp3) is 0.0732. The molecule has 406 valence electrons. The third-order valence-electron chi connectivity index (χ3n) is 18.9. The standard InChI is InChI=1S/C82H62B2N2/c1-51-47-53(3)77(54(4)48-51)83-69-39-23-25-41-71(69)85(59-31-15-9-16-32-59)81-67-45-44-66-74-68(46-43-65(73(67)74)75(79(81)83)63-37-21-19-35-61(63)57-27-11-7-12-28-57)82-80(76(66)64-38-22-20-36-62(64)58-29-13-8-14-30-58)84(78-55(5)49-52(2)50-56(78)6)70-40-24-26-42-72(70)86(82)60-33-17-10-18-34-60/h7-50H,1-6H3. The van der Waals surface area contributed by atoms with Crippen LogP contribution in [0.3, 0.4) is 0 Å². The summed E-state index contributed by atoms with van der Waals surface area (Å²) in [6.45, 7) is 13.6. The van der Waals surface area contributed by atoms with Crippen LogP contribution in [-0.4, -0.2) is 13.4 Å². The summed E-state index contributed by atoms with van der Waals surface area (Å²) in [4.78, 5) is 5.24. The van der Waals surface area contributed by atoms with E-state index in [1.54, 1.807) is 0 Å². The smallest absolute Gasteiger partial charge is 0.248 e. The zero-order valence-corrected chi connectivity index (χ0v) is 49.5. The van der Waals surface area contributed by atoms with Gasteiger partial charge in [0, 0.05) is 55.7 Å². The molecule has 0 spiro atoms. The van der Waals surface area contributed by atoms with E-state index >= 15 is 0 Å². The Kier molecular flexibility index (Phi) is 12.1. The van der Waals surface area contributed by atoms with Gasteiger partial charge in [-0.2, -0.15) is 0 Å². The second-order valence-corrected chi connectivity index (χ2v) is 24.1. The van der Waals surface area contributed by atoms with Crippen molar-refractivity contribution in [1.29, 1.82) is 0 Å². The van der Waals surface area contributed by atoms with E-state index in [2.05, 4.69) is 318 Å². The fourth-order valence-electron chi connectivity index (χ4n) is 15.9. The summed E-state index contributed by atoms with van der Waals surface area (Å²) in [6.07, 6.45) is 0.